The van der Waals surface area contributed by atoms with Crippen LogP contribution in [0.3, 0.4) is 0 Å². The highest BCUT2D eigenvalue weighted by atomic mass is 35.5. The van der Waals surface area contributed by atoms with Gasteiger partial charge in [0.2, 0.25) is 5.95 Å². The molecule has 4 rings (SSSR count). The zero-order chi connectivity index (χ0) is 15.5. The zero-order valence-corrected chi connectivity index (χ0v) is 15.2. The van der Waals surface area contributed by atoms with E-state index in [2.05, 4.69) is 25.6 Å². The van der Waals surface area contributed by atoms with Crippen molar-refractivity contribution in [1.29, 1.82) is 0 Å². The number of benzene rings is 1. The zero-order valence-electron chi connectivity index (χ0n) is 13.6. The van der Waals surface area contributed by atoms with Crippen LogP contribution in [0, 0.1) is 0 Å². The van der Waals surface area contributed by atoms with Crippen molar-refractivity contribution in [2.24, 2.45) is 0 Å². The smallest absolute Gasteiger partial charge is 0.225 e. The van der Waals surface area contributed by atoms with Gasteiger partial charge in [-0.05, 0) is 25.9 Å². The Hall–Kier alpha value is -2.02. The third-order valence-electron chi connectivity index (χ3n) is 4.05. The summed E-state index contributed by atoms with van der Waals surface area (Å²) in [5, 5.41) is 6.82. The Morgan fingerprint density at radius 3 is 2.40 bits per heavy atom. The highest BCUT2D eigenvalue weighted by Crippen LogP contribution is 2.25. The van der Waals surface area contributed by atoms with E-state index >= 15 is 0 Å². The van der Waals surface area contributed by atoms with Crippen molar-refractivity contribution in [2.45, 2.75) is 18.9 Å². The lowest BCUT2D eigenvalue weighted by molar-refractivity contribution is 0.477. The van der Waals surface area contributed by atoms with E-state index in [-0.39, 0.29) is 24.8 Å². The molecule has 3 aromatic rings. The molecule has 1 fully saturated rings. The fourth-order valence-electron chi connectivity index (χ4n) is 2.87. The van der Waals surface area contributed by atoms with Gasteiger partial charge in [0, 0.05) is 24.0 Å². The minimum Gasteiger partial charge on any atom is -0.351 e. The number of piperidine rings is 1. The molecule has 25 heavy (non-hydrogen) atoms. The molecule has 0 aliphatic carbocycles. The van der Waals surface area contributed by atoms with E-state index < -0.39 is 0 Å². The van der Waals surface area contributed by atoms with Gasteiger partial charge in [-0.2, -0.15) is 4.98 Å². The average molecular weight is 379 g/mol. The van der Waals surface area contributed by atoms with Gasteiger partial charge in [0.05, 0.1) is 0 Å². The van der Waals surface area contributed by atoms with Gasteiger partial charge in [-0.15, -0.1) is 24.8 Å². The van der Waals surface area contributed by atoms with Gasteiger partial charge in [0.15, 0.2) is 5.65 Å². The molecule has 0 atom stereocenters. The fourth-order valence-corrected chi connectivity index (χ4v) is 2.87. The Kier molecular flexibility index (Phi) is 6.87. The molecule has 0 spiro atoms. The molecule has 0 amide bonds. The molecular weight excluding hydrogens is 359 g/mol. The van der Waals surface area contributed by atoms with Crippen LogP contribution < -0.4 is 10.6 Å². The summed E-state index contributed by atoms with van der Waals surface area (Å²) >= 11 is 0. The number of rotatable bonds is 3. The highest BCUT2D eigenvalue weighted by Gasteiger charge is 2.16. The predicted molar refractivity (Wildman–Crippen MR) is 105 cm³/mol. The molecule has 2 N–H and O–H groups in total. The minimum absolute atomic E-state index is 0. The van der Waals surface area contributed by atoms with Gasteiger partial charge in [-0.25, -0.2) is 15.0 Å². The summed E-state index contributed by atoms with van der Waals surface area (Å²) in [5.74, 6) is 0.628. The lowest BCUT2D eigenvalue weighted by Gasteiger charge is -2.23. The second-order valence-corrected chi connectivity index (χ2v) is 5.66. The molecular formula is C17H20Cl2N6. The first-order chi connectivity index (χ1) is 11.4. The van der Waals surface area contributed by atoms with Gasteiger partial charge < -0.3 is 10.6 Å². The highest BCUT2D eigenvalue weighted by molar-refractivity contribution is 5.87. The van der Waals surface area contributed by atoms with Gasteiger partial charge in [-0.1, -0.05) is 30.3 Å². The first-order valence-corrected chi connectivity index (χ1v) is 7.91. The van der Waals surface area contributed by atoms with Crippen molar-refractivity contribution in [1.82, 2.24) is 25.3 Å². The van der Waals surface area contributed by atoms with E-state index in [1.165, 1.54) is 0 Å². The van der Waals surface area contributed by atoms with E-state index in [1.807, 2.05) is 30.3 Å². The average Bonchev–Trinajstić information content (AvgIpc) is 2.63. The van der Waals surface area contributed by atoms with Crippen molar-refractivity contribution in [3.05, 3.63) is 42.7 Å². The summed E-state index contributed by atoms with van der Waals surface area (Å²) in [6.45, 7) is 2.05. The second kappa shape index (κ2) is 8.89. The number of nitrogens with zero attached hydrogens (tertiary/aromatic N) is 4. The Labute approximate surface area is 158 Å². The van der Waals surface area contributed by atoms with Crippen LogP contribution in [0.2, 0.25) is 0 Å². The normalized spacial score (nSPS) is 14.4. The Bertz CT molecular complexity index is 809. The Balaban J connectivity index is 0.00000113. The van der Waals surface area contributed by atoms with E-state index in [0.717, 1.165) is 42.7 Å². The monoisotopic (exact) mass is 378 g/mol. The molecule has 0 bridgehead atoms. The van der Waals surface area contributed by atoms with Crippen LogP contribution >= 0.6 is 24.8 Å². The Morgan fingerprint density at radius 2 is 1.64 bits per heavy atom. The SMILES string of the molecule is Cl.Cl.c1ccc(-c2nc(NC3CCNCC3)nc3nccnc23)cc1. The lowest BCUT2D eigenvalue weighted by atomic mass is 10.1. The number of nitrogens with one attached hydrogen (secondary N) is 2. The van der Waals surface area contributed by atoms with Crippen molar-refractivity contribution in [3.8, 4) is 11.3 Å². The van der Waals surface area contributed by atoms with Crippen molar-refractivity contribution in [2.75, 3.05) is 18.4 Å². The molecule has 8 heteroatoms. The predicted octanol–water partition coefficient (Wildman–Crippen LogP) is 3.09. The fraction of sp³-hybridized carbons (Fsp3) is 0.294. The standard InChI is InChI=1S/C17H18N6.2ClH/c1-2-4-12(5-3-1)14-15-16(20-11-10-19-15)23-17(22-14)21-13-6-8-18-9-7-13;;/h1-5,10-11,13,18H,6-9H2,(H,20,21,22,23);2*1H. The largest absolute Gasteiger partial charge is 0.351 e. The van der Waals surface area contributed by atoms with Crippen molar-refractivity contribution in [3.63, 3.8) is 0 Å². The molecule has 1 aliphatic rings. The number of halogens is 2. The van der Waals surface area contributed by atoms with Crippen LogP contribution in [0.4, 0.5) is 5.95 Å². The molecule has 2 aromatic heterocycles. The van der Waals surface area contributed by atoms with Crippen molar-refractivity contribution >= 4 is 41.9 Å². The summed E-state index contributed by atoms with van der Waals surface area (Å²) in [6.07, 6.45) is 5.49. The van der Waals surface area contributed by atoms with E-state index in [1.54, 1.807) is 12.4 Å². The van der Waals surface area contributed by atoms with Crippen LogP contribution in [-0.2, 0) is 0 Å². The second-order valence-electron chi connectivity index (χ2n) is 5.66. The minimum atomic E-state index is 0. The molecule has 1 aliphatic heterocycles. The first-order valence-electron chi connectivity index (χ1n) is 7.91. The quantitative estimate of drug-likeness (QED) is 0.729. The molecule has 1 aromatic carbocycles. The summed E-state index contributed by atoms with van der Waals surface area (Å²) in [5.41, 5.74) is 3.20. The maximum Gasteiger partial charge on any atom is 0.225 e. The third-order valence-corrected chi connectivity index (χ3v) is 4.05. The summed E-state index contributed by atoms with van der Waals surface area (Å²) in [4.78, 5) is 18.0. The van der Waals surface area contributed by atoms with Crippen LogP contribution in [0.15, 0.2) is 42.7 Å². The van der Waals surface area contributed by atoms with Gasteiger partial charge in [0.25, 0.3) is 0 Å². The number of hydrogen-bond acceptors (Lipinski definition) is 6. The van der Waals surface area contributed by atoms with E-state index in [9.17, 15) is 0 Å². The number of aromatic nitrogens is 4. The van der Waals surface area contributed by atoms with Crippen LogP contribution in [0.1, 0.15) is 12.8 Å². The van der Waals surface area contributed by atoms with Gasteiger partial charge in [-0.3, -0.25) is 0 Å². The topological polar surface area (TPSA) is 75.6 Å². The van der Waals surface area contributed by atoms with Crippen molar-refractivity contribution < 1.29 is 0 Å². The maximum atomic E-state index is 4.72. The molecule has 6 nitrogen and oxygen atoms in total. The number of hydrogen-bond donors (Lipinski definition) is 2. The van der Waals surface area contributed by atoms with Crippen LogP contribution in [0.25, 0.3) is 22.4 Å². The van der Waals surface area contributed by atoms with Crippen LogP contribution in [0.5, 0.6) is 0 Å². The summed E-state index contributed by atoms with van der Waals surface area (Å²) < 4.78 is 0. The maximum absolute atomic E-state index is 4.72. The number of anilines is 1. The number of fused-ring (bicyclic) bond motifs is 1. The van der Waals surface area contributed by atoms with Gasteiger partial charge in [0.1, 0.15) is 11.2 Å². The Morgan fingerprint density at radius 1 is 0.920 bits per heavy atom. The molecule has 3 heterocycles. The summed E-state index contributed by atoms with van der Waals surface area (Å²) in [6, 6.07) is 10.5. The summed E-state index contributed by atoms with van der Waals surface area (Å²) in [7, 11) is 0. The van der Waals surface area contributed by atoms with E-state index in [4.69, 9.17) is 4.98 Å². The molecule has 0 radical (unpaired) electrons. The van der Waals surface area contributed by atoms with Gasteiger partial charge >= 0.3 is 0 Å². The first kappa shape index (κ1) is 19.3. The van der Waals surface area contributed by atoms with E-state index in [0.29, 0.717) is 17.6 Å². The molecule has 0 unspecified atom stereocenters. The van der Waals surface area contributed by atoms with Crippen LogP contribution in [-0.4, -0.2) is 39.1 Å². The molecule has 132 valence electrons. The molecule has 1 saturated heterocycles. The molecule has 0 saturated carbocycles. The lowest BCUT2D eigenvalue weighted by Crippen LogP contribution is -2.35. The third kappa shape index (κ3) is 4.34.